The van der Waals surface area contributed by atoms with Crippen molar-refractivity contribution >= 4 is 21.6 Å². The van der Waals surface area contributed by atoms with Crippen LogP contribution in [-0.4, -0.2) is 38.0 Å². The summed E-state index contributed by atoms with van der Waals surface area (Å²) in [6, 6.07) is 22.0. The van der Waals surface area contributed by atoms with Gasteiger partial charge in [0.2, 0.25) is 10.0 Å². The summed E-state index contributed by atoms with van der Waals surface area (Å²) in [5, 5.41) is 13.1. The molecule has 0 amide bonds. The quantitative estimate of drug-likeness (QED) is 0.356. The zero-order chi connectivity index (χ0) is 24.5. The normalized spacial score (nSPS) is 18.6. The highest BCUT2D eigenvalue weighted by molar-refractivity contribution is 7.89. The number of carbonyl (C=O) groups excluding carboxylic acids is 1. The Morgan fingerprint density at radius 3 is 2.38 bits per heavy atom. The van der Waals surface area contributed by atoms with Gasteiger partial charge in [-0.15, -0.1) is 0 Å². The zero-order valence-corrected chi connectivity index (χ0v) is 19.8. The Hall–Kier alpha value is -3.33. The molecule has 3 aromatic carbocycles. The number of carbonyl (C=O) groups is 1. The Morgan fingerprint density at radius 2 is 1.74 bits per heavy atom. The fourth-order valence-electron chi connectivity index (χ4n) is 4.70. The number of rotatable bonds is 7. The summed E-state index contributed by atoms with van der Waals surface area (Å²) >= 11 is 0. The Bertz CT molecular complexity index is 1340. The fraction of sp³-hybridized carbons (Fsp3) is 0.231. The number of benzene rings is 3. The van der Waals surface area contributed by atoms with Crippen molar-refractivity contribution < 1.29 is 13.2 Å². The van der Waals surface area contributed by atoms with E-state index in [1.165, 1.54) is 6.07 Å². The zero-order valence-electron chi connectivity index (χ0n) is 18.9. The average molecular weight is 477 g/mol. The van der Waals surface area contributed by atoms with Crippen LogP contribution in [-0.2, 0) is 21.4 Å². The number of hydrogen-bond acceptors (Lipinski definition) is 5. The van der Waals surface area contributed by atoms with E-state index < -0.39 is 10.0 Å². The summed E-state index contributed by atoms with van der Waals surface area (Å²) in [6.45, 7) is 3.68. The molecule has 0 saturated carbocycles. The Morgan fingerprint density at radius 1 is 1.03 bits per heavy atom. The number of ketones is 1. The van der Waals surface area contributed by atoms with Gasteiger partial charge in [-0.2, -0.15) is 0 Å². The highest BCUT2D eigenvalue weighted by Gasteiger charge is 2.36. The van der Waals surface area contributed by atoms with Gasteiger partial charge in [-0.1, -0.05) is 60.7 Å². The number of sulfonamides is 1. The lowest BCUT2D eigenvalue weighted by Crippen LogP contribution is -2.22. The minimum atomic E-state index is -3.83. The van der Waals surface area contributed by atoms with Gasteiger partial charge in [-0.25, -0.2) is 13.6 Å². The maximum atomic E-state index is 12.4. The first-order valence-corrected chi connectivity index (χ1v) is 12.6. The van der Waals surface area contributed by atoms with E-state index in [9.17, 15) is 13.2 Å². The summed E-state index contributed by atoms with van der Waals surface area (Å²) in [7, 11) is -3.83. The van der Waals surface area contributed by atoms with Gasteiger partial charge < -0.3 is 5.73 Å². The molecule has 5 N–H and O–H groups in total. The van der Waals surface area contributed by atoms with E-state index >= 15 is 0 Å². The molecule has 0 spiro atoms. The highest BCUT2D eigenvalue weighted by Crippen LogP contribution is 2.35. The number of nitrogens with one attached hydrogen (secondary N) is 1. The van der Waals surface area contributed by atoms with Gasteiger partial charge in [0, 0.05) is 42.6 Å². The van der Waals surface area contributed by atoms with E-state index in [1.807, 2.05) is 42.5 Å². The first-order chi connectivity index (χ1) is 16.1. The number of nitrogens with zero attached hydrogens (tertiary/aromatic N) is 1. The van der Waals surface area contributed by atoms with Gasteiger partial charge in [-0.3, -0.25) is 15.1 Å². The van der Waals surface area contributed by atoms with E-state index in [2.05, 4.69) is 4.90 Å². The number of hydrogen-bond donors (Lipinski definition) is 3. The van der Waals surface area contributed by atoms with Crippen molar-refractivity contribution in [2.24, 2.45) is 16.8 Å². The van der Waals surface area contributed by atoms with Crippen molar-refractivity contribution in [3.05, 3.63) is 89.5 Å². The van der Waals surface area contributed by atoms with E-state index in [1.54, 1.807) is 31.2 Å². The van der Waals surface area contributed by atoms with Crippen molar-refractivity contribution in [3.8, 4) is 11.1 Å². The maximum Gasteiger partial charge on any atom is 0.238 e. The van der Waals surface area contributed by atoms with Crippen LogP contribution in [0.5, 0.6) is 0 Å². The molecular weight excluding hydrogens is 448 g/mol. The molecule has 2 atom stereocenters. The van der Waals surface area contributed by atoms with Gasteiger partial charge >= 0.3 is 0 Å². The van der Waals surface area contributed by atoms with Crippen molar-refractivity contribution in [2.45, 2.75) is 24.3 Å². The number of primary sulfonamides is 1. The lowest BCUT2D eigenvalue weighted by molar-refractivity contribution is -0.120. The lowest BCUT2D eigenvalue weighted by Gasteiger charge is -2.17. The molecule has 1 fully saturated rings. The molecule has 3 aromatic rings. The third kappa shape index (κ3) is 5.09. The van der Waals surface area contributed by atoms with Crippen LogP contribution in [0.1, 0.15) is 29.5 Å². The predicted octanol–water partition coefficient (Wildman–Crippen LogP) is 3.09. The van der Waals surface area contributed by atoms with Gasteiger partial charge in [-0.05, 0) is 35.7 Å². The van der Waals surface area contributed by atoms with Crippen LogP contribution in [0.3, 0.4) is 0 Å². The van der Waals surface area contributed by atoms with Crippen LogP contribution in [0.4, 0.5) is 0 Å². The number of likely N-dealkylation sites (tertiary alicyclic amines) is 1. The summed E-state index contributed by atoms with van der Waals surface area (Å²) in [5.74, 6) is 0.0803. The van der Waals surface area contributed by atoms with Crippen LogP contribution >= 0.6 is 0 Å². The molecule has 0 aliphatic carbocycles. The predicted molar refractivity (Wildman–Crippen MR) is 133 cm³/mol. The topological polar surface area (TPSA) is 130 Å². The number of Topliss-reactive ketones (excluding diaryl/α,β-unsaturated/α-hetero) is 1. The van der Waals surface area contributed by atoms with Crippen molar-refractivity contribution in [1.82, 2.24) is 4.90 Å². The number of nitrogen functional groups attached to an aromatic ring is 1. The molecule has 1 saturated heterocycles. The smallest absolute Gasteiger partial charge is 0.238 e. The van der Waals surface area contributed by atoms with Crippen molar-refractivity contribution in [1.29, 1.82) is 5.41 Å². The number of amidine groups is 1. The standard InChI is InChI=1S/C26H28N4O3S/c1-17(31)23-15-30(16-24(23)20-5-4-6-21(13-20)26(27)28)14-18-9-11-19(12-10-18)22-7-2-3-8-25(22)34(29,32)33/h2-13,23-24H,14-16H2,1H3,(H3,27,28)(H2,29,32,33)/t23-,24-/m0/s1. The second-order valence-electron chi connectivity index (χ2n) is 8.79. The molecule has 8 heteroatoms. The van der Waals surface area contributed by atoms with E-state index in [-0.39, 0.29) is 28.4 Å². The fourth-order valence-corrected chi connectivity index (χ4v) is 5.46. The Labute approximate surface area is 200 Å². The van der Waals surface area contributed by atoms with Crippen LogP contribution in [0, 0.1) is 11.3 Å². The first kappa shape index (κ1) is 23.8. The first-order valence-electron chi connectivity index (χ1n) is 11.0. The Kier molecular flexibility index (Phi) is 6.65. The maximum absolute atomic E-state index is 12.4. The summed E-state index contributed by atoms with van der Waals surface area (Å²) < 4.78 is 23.9. The molecule has 0 unspecified atom stereocenters. The molecule has 1 heterocycles. The Balaban J connectivity index is 1.53. The molecule has 7 nitrogen and oxygen atoms in total. The second-order valence-corrected chi connectivity index (χ2v) is 10.3. The minimum absolute atomic E-state index is 0.0141. The van der Waals surface area contributed by atoms with E-state index in [0.29, 0.717) is 24.2 Å². The summed E-state index contributed by atoms with van der Waals surface area (Å²) in [4.78, 5) is 14.8. The molecule has 4 rings (SSSR count). The molecule has 176 valence electrons. The molecule has 0 bridgehead atoms. The van der Waals surface area contributed by atoms with Crippen molar-refractivity contribution in [2.75, 3.05) is 13.1 Å². The van der Waals surface area contributed by atoms with Crippen LogP contribution < -0.4 is 10.9 Å². The minimum Gasteiger partial charge on any atom is -0.384 e. The third-order valence-corrected chi connectivity index (χ3v) is 7.38. The van der Waals surface area contributed by atoms with Crippen molar-refractivity contribution in [3.63, 3.8) is 0 Å². The van der Waals surface area contributed by atoms with E-state index in [0.717, 1.165) is 23.2 Å². The van der Waals surface area contributed by atoms with Crippen LogP contribution in [0.2, 0.25) is 0 Å². The SMILES string of the molecule is CC(=O)[C@@H]1CN(Cc2ccc(-c3ccccc3S(N)(=O)=O)cc2)C[C@H]1c1cccc(C(=N)N)c1. The second kappa shape index (κ2) is 9.50. The molecule has 0 radical (unpaired) electrons. The number of nitrogens with two attached hydrogens (primary N) is 2. The molecule has 1 aliphatic rings. The largest absolute Gasteiger partial charge is 0.384 e. The van der Waals surface area contributed by atoms with Gasteiger partial charge in [0.1, 0.15) is 11.6 Å². The summed E-state index contributed by atoms with van der Waals surface area (Å²) in [6.07, 6.45) is 0. The molecule has 0 aromatic heterocycles. The molecule has 34 heavy (non-hydrogen) atoms. The van der Waals surface area contributed by atoms with Crippen LogP contribution in [0.25, 0.3) is 11.1 Å². The average Bonchev–Trinajstić information content (AvgIpc) is 3.23. The molecule has 1 aliphatic heterocycles. The van der Waals surface area contributed by atoms with Gasteiger partial charge in [0.25, 0.3) is 0 Å². The highest BCUT2D eigenvalue weighted by atomic mass is 32.2. The third-order valence-electron chi connectivity index (χ3n) is 6.41. The molecular formula is C26H28N4O3S. The van der Waals surface area contributed by atoms with E-state index in [4.69, 9.17) is 16.3 Å². The lowest BCUT2D eigenvalue weighted by atomic mass is 9.86. The summed E-state index contributed by atoms with van der Waals surface area (Å²) in [5.41, 5.74) is 9.75. The van der Waals surface area contributed by atoms with Gasteiger partial charge in [0.05, 0.1) is 4.90 Å². The van der Waals surface area contributed by atoms with Crippen LogP contribution in [0.15, 0.2) is 77.7 Å². The van der Waals surface area contributed by atoms with Gasteiger partial charge in [0.15, 0.2) is 0 Å². The monoisotopic (exact) mass is 476 g/mol.